The molecule has 1 amide bonds. The lowest BCUT2D eigenvalue weighted by Crippen LogP contribution is -2.51. The first-order valence-electron chi connectivity index (χ1n) is 5.77. The monoisotopic (exact) mass is 299 g/mol. The Morgan fingerprint density at radius 3 is 2.58 bits per heavy atom. The molecule has 0 bridgehead atoms. The molecule has 0 fully saturated rings. The highest BCUT2D eigenvalue weighted by molar-refractivity contribution is 8.02. The van der Waals surface area contributed by atoms with Crippen molar-refractivity contribution >= 4 is 34.1 Å². The van der Waals surface area contributed by atoms with Gasteiger partial charge in [-0.2, -0.15) is 5.26 Å². The Hall–Kier alpha value is -1.33. The highest BCUT2D eigenvalue weighted by atomic mass is 32.2. The summed E-state index contributed by atoms with van der Waals surface area (Å²) in [6.07, 6.45) is 0. The van der Waals surface area contributed by atoms with Gasteiger partial charge < -0.3 is 11.1 Å². The van der Waals surface area contributed by atoms with Gasteiger partial charge in [-0.15, -0.1) is 10.2 Å². The fourth-order valence-corrected chi connectivity index (χ4v) is 2.91. The average molecular weight is 299 g/mol. The fourth-order valence-electron chi connectivity index (χ4n) is 1.13. The molecule has 104 valence electrons. The molecule has 8 heteroatoms. The summed E-state index contributed by atoms with van der Waals surface area (Å²) in [4.78, 5) is 12.1. The van der Waals surface area contributed by atoms with Crippen molar-refractivity contribution < 1.29 is 4.79 Å². The van der Waals surface area contributed by atoms with Gasteiger partial charge in [-0.05, 0) is 19.8 Å². The molecule has 6 nitrogen and oxygen atoms in total. The summed E-state index contributed by atoms with van der Waals surface area (Å²) in [5.74, 6) is -0.174. The van der Waals surface area contributed by atoms with Gasteiger partial charge in [-0.3, -0.25) is 4.79 Å². The Morgan fingerprint density at radius 2 is 2.16 bits per heavy atom. The summed E-state index contributed by atoms with van der Waals surface area (Å²) in [7, 11) is 0. The molecule has 0 saturated carbocycles. The van der Waals surface area contributed by atoms with Gasteiger partial charge in [-0.1, -0.05) is 36.9 Å². The molecule has 0 aliphatic heterocycles. The van der Waals surface area contributed by atoms with E-state index in [4.69, 9.17) is 5.73 Å². The highest BCUT2D eigenvalue weighted by Crippen LogP contribution is 2.28. The van der Waals surface area contributed by atoms with Crippen LogP contribution >= 0.6 is 23.1 Å². The molecule has 1 rings (SSSR count). The minimum Gasteiger partial charge on any atom is -0.374 e. The maximum Gasteiger partial charge on any atom is 0.234 e. The Kier molecular flexibility index (Phi) is 5.14. The molecule has 0 aromatic carbocycles. The topological polar surface area (TPSA) is 105 Å². The second kappa shape index (κ2) is 6.21. The fraction of sp³-hybridized carbons (Fsp3) is 0.636. The predicted molar refractivity (Wildman–Crippen MR) is 76.6 cm³/mol. The largest absolute Gasteiger partial charge is 0.374 e. The number of nitrogens with zero attached hydrogens (tertiary/aromatic N) is 3. The molecule has 0 saturated heterocycles. The molecule has 1 aromatic heterocycles. The van der Waals surface area contributed by atoms with Crippen LogP contribution in [0.15, 0.2) is 4.34 Å². The molecular weight excluding hydrogens is 282 g/mol. The predicted octanol–water partition coefficient (Wildman–Crippen LogP) is 1.66. The summed E-state index contributed by atoms with van der Waals surface area (Å²) in [5.41, 5.74) is 4.61. The zero-order valence-corrected chi connectivity index (χ0v) is 12.9. The van der Waals surface area contributed by atoms with Crippen LogP contribution in [0, 0.1) is 17.2 Å². The summed E-state index contributed by atoms with van der Waals surface area (Å²) in [6.45, 7) is 7.27. The molecule has 0 aliphatic rings. The Balaban J connectivity index is 2.65. The van der Waals surface area contributed by atoms with E-state index in [1.54, 1.807) is 13.8 Å². The maximum absolute atomic E-state index is 12.1. The van der Waals surface area contributed by atoms with Crippen molar-refractivity contribution in [3.8, 4) is 6.07 Å². The van der Waals surface area contributed by atoms with Crippen LogP contribution < -0.4 is 11.1 Å². The van der Waals surface area contributed by atoms with E-state index in [1.807, 2.05) is 13.8 Å². The quantitative estimate of drug-likeness (QED) is 0.801. The molecule has 0 spiro atoms. The number of anilines is 1. The zero-order valence-electron chi connectivity index (χ0n) is 11.3. The molecule has 3 N–H and O–H groups in total. The standard InChI is InChI=1S/C11H17N5OS2/c1-6(2)11(4,5-12)14-8(17)7(3)18-10-16-15-9(13)19-10/h6-7H,1-4H3,(H2,13,15)(H,14,17). The first-order chi connectivity index (χ1) is 8.78. The van der Waals surface area contributed by atoms with Gasteiger partial charge in [-0.25, -0.2) is 0 Å². The number of nitrogen functional groups attached to an aromatic ring is 1. The van der Waals surface area contributed by atoms with Crippen molar-refractivity contribution in [1.82, 2.24) is 15.5 Å². The van der Waals surface area contributed by atoms with Crippen LogP contribution in [0.3, 0.4) is 0 Å². The van der Waals surface area contributed by atoms with Crippen LogP contribution in [0.25, 0.3) is 0 Å². The summed E-state index contributed by atoms with van der Waals surface area (Å²) in [5, 5.41) is 19.5. The number of carbonyl (C=O) groups excluding carboxylic acids is 1. The SMILES string of the molecule is CC(Sc1nnc(N)s1)C(=O)NC(C)(C#N)C(C)C. The van der Waals surface area contributed by atoms with Crippen molar-refractivity contribution in [2.24, 2.45) is 5.92 Å². The third-order valence-electron chi connectivity index (χ3n) is 2.84. The molecule has 1 aromatic rings. The van der Waals surface area contributed by atoms with Gasteiger partial charge in [0.25, 0.3) is 0 Å². The Labute approximate surface area is 120 Å². The second-order valence-electron chi connectivity index (χ2n) is 4.62. The number of aromatic nitrogens is 2. The van der Waals surface area contributed by atoms with E-state index in [-0.39, 0.29) is 17.1 Å². The minimum absolute atomic E-state index is 0.0239. The highest BCUT2D eigenvalue weighted by Gasteiger charge is 2.32. The smallest absolute Gasteiger partial charge is 0.234 e. The van der Waals surface area contributed by atoms with Gasteiger partial charge in [0.15, 0.2) is 4.34 Å². The lowest BCUT2D eigenvalue weighted by molar-refractivity contribution is -0.121. The van der Waals surface area contributed by atoms with Crippen molar-refractivity contribution in [2.75, 3.05) is 5.73 Å². The summed E-state index contributed by atoms with van der Waals surface area (Å²) >= 11 is 2.52. The van der Waals surface area contributed by atoms with Crippen molar-refractivity contribution in [3.63, 3.8) is 0 Å². The van der Waals surface area contributed by atoms with Crippen LogP contribution in [0.2, 0.25) is 0 Å². The Bertz CT molecular complexity index is 496. The van der Waals surface area contributed by atoms with Crippen LogP contribution in [-0.2, 0) is 4.79 Å². The molecule has 19 heavy (non-hydrogen) atoms. The first kappa shape index (κ1) is 15.7. The lowest BCUT2D eigenvalue weighted by atomic mass is 9.90. The van der Waals surface area contributed by atoms with Gasteiger partial charge in [0.2, 0.25) is 11.0 Å². The van der Waals surface area contributed by atoms with E-state index in [0.29, 0.717) is 9.47 Å². The van der Waals surface area contributed by atoms with Gasteiger partial charge in [0, 0.05) is 0 Å². The number of nitrogens with two attached hydrogens (primary N) is 1. The molecular formula is C11H17N5OS2. The molecule has 2 atom stereocenters. The van der Waals surface area contributed by atoms with Crippen LogP contribution in [-0.4, -0.2) is 26.9 Å². The molecule has 0 aliphatic carbocycles. The van der Waals surface area contributed by atoms with E-state index < -0.39 is 5.54 Å². The Morgan fingerprint density at radius 1 is 1.53 bits per heavy atom. The summed E-state index contributed by atoms with van der Waals surface area (Å²) in [6, 6.07) is 2.15. The van der Waals surface area contributed by atoms with Gasteiger partial charge in [0.1, 0.15) is 5.54 Å². The number of thioether (sulfide) groups is 1. The van der Waals surface area contributed by atoms with Crippen LogP contribution in [0.1, 0.15) is 27.7 Å². The maximum atomic E-state index is 12.1. The van der Waals surface area contributed by atoms with E-state index in [0.717, 1.165) is 0 Å². The van der Waals surface area contributed by atoms with E-state index in [9.17, 15) is 10.1 Å². The van der Waals surface area contributed by atoms with Crippen molar-refractivity contribution in [2.45, 2.75) is 42.8 Å². The number of nitrogens with one attached hydrogen (secondary N) is 1. The van der Waals surface area contributed by atoms with E-state index >= 15 is 0 Å². The number of amides is 1. The first-order valence-corrected chi connectivity index (χ1v) is 7.47. The van der Waals surface area contributed by atoms with E-state index in [1.165, 1.54) is 23.1 Å². The van der Waals surface area contributed by atoms with Gasteiger partial charge in [0.05, 0.1) is 11.3 Å². The zero-order chi connectivity index (χ0) is 14.6. The summed E-state index contributed by atoms with van der Waals surface area (Å²) < 4.78 is 0.642. The molecule has 1 heterocycles. The number of carbonyl (C=O) groups is 1. The van der Waals surface area contributed by atoms with E-state index in [2.05, 4.69) is 21.6 Å². The average Bonchev–Trinajstić information content (AvgIpc) is 2.74. The minimum atomic E-state index is -0.869. The third-order valence-corrected chi connectivity index (χ3v) is 4.78. The van der Waals surface area contributed by atoms with Gasteiger partial charge >= 0.3 is 0 Å². The van der Waals surface area contributed by atoms with Crippen molar-refractivity contribution in [1.29, 1.82) is 5.26 Å². The number of rotatable bonds is 5. The van der Waals surface area contributed by atoms with Crippen LogP contribution in [0.4, 0.5) is 5.13 Å². The second-order valence-corrected chi connectivity index (χ2v) is 7.22. The third kappa shape index (κ3) is 4.08. The molecule has 0 radical (unpaired) electrons. The molecule has 2 unspecified atom stereocenters. The number of hydrogen-bond donors (Lipinski definition) is 2. The number of nitriles is 1. The van der Waals surface area contributed by atoms with Crippen molar-refractivity contribution in [3.05, 3.63) is 0 Å². The van der Waals surface area contributed by atoms with Crippen LogP contribution in [0.5, 0.6) is 0 Å². The number of hydrogen-bond acceptors (Lipinski definition) is 7. The lowest BCUT2D eigenvalue weighted by Gasteiger charge is -2.28. The normalized spacial score (nSPS) is 15.6.